The Balaban J connectivity index is 2.10. The van der Waals surface area contributed by atoms with Crippen molar-refractivity contribution >= 4 is 5.91 Å². The van der Waals surface area contributed by atoms with E-state index in [9.17, 15) is 9.18 Å². The summed E-state index contributed by atoms with van der Waals surface area (Å²) in [6.07, 6.45) is 4.68. The van der Waals surface area contributed by atoms with Gasteiger partial charge in [-0.05, 0) is 25.0 Å². The molecular weight excluding hydrogens is 243 g/mol. The molecule has 0 aromatic heterocycles. The number of rotatable bonds is 2. The summed E-state index contributed by atoms with van der Waals surface area (Å²) in [6.45, 7) is 0.995. The van der Waals surface area contributed by atoms with E-state index < -0.39 is 5.82 Å². The quantitative estimate of drug-likeness (QED) is 0.820. The zero-order valence-electron chi connectivity index (χ0n) is 10.9. The van der Waals surface area contributed by atoms with Crippen molar-refractivity contribution in [1.29, 1.82) is 5.26 Å². The predicted molar refractivity (Wildman–Crippen MR) is 69.6 cm³/mol. The first kappa shape index (κ1) is 13.5. The lowest BCUT2D eigenvalue weighted by Crippen LogP contribution is -2.32. The van der Waals surface area contributed by atoms with Crippen LogP contribution in [0, 0.1) is 17.1 Å². The second-order valence-electron chi connectivity index (χ2n) is 4.90. The van der Waals surface area contributed by atoms with Crippen LogP contribution in [0.2, 0.25) is 0 Å². The molecule has 1 aliphatic heterocycles. The van der Waals surface area contributed by atoms with Crippen LogP contribution in [0.3, 0.4) is 0 Å². The molecule has 100 valence electrons. The van der Waals surface area contributed by atoms with E-state index in [1.807, 2.05) is 6.07 Å². The van der Waals surface area contributed by atoms with Gasteiger partial charge in [0.15, 0.2) is 0 Å². The summed E-state index contributed by atoms with van der Waals surface area (Å²) < 4.78 is 13.8. The molecule has 0 radical (unpaired) electrons. The Hall–Kier alpha value is -1.89. The Morgan fingerprint density at radius 3 is 2.79 bits per heavy atom. The number of nitriles is 1. The zero-order chi connectivity index (χ0) is 13.7. The maximum Gasteiger partial charge on any atom is 0.222 e. The van der Waals surface area contributed by atoms with E-state index in [-0.39, 0.29) is 5.91 Å². The van der Waals surface area contributed by atoms with Crippen LogP contribution in [0.4, 0.5) is 4.39 Å². The van der Waals surface area contributed by atoms with Gasteiger partial charge >= 0.3 is 0 Å². The minimum Gasteiger partial charge on any atom is -0.338 e. The standard InChI is InChI=1S/C15H17FN2O/c16-14-9-12(10-17)6-7-13(14)11-18-8-4-2-1-3-5-15(18)19/h6-7,9H,1-5,8,11H2. The molecule has 1 aliphatic rings. The van der Waals surface area contributed by atoms with Crippen molar-refractivity contribution in [3.63, 3.8) is 0 Å². The molecule has 0 bridgehead atoms. The van der Waals surface area contributed by atoms with Crippen LogP contribution < -0.4 is 0 Å². The molecule has 1 fully saturated rings. The van der Waals surface area contributed by atoms with Crippen molar-refractivity contribution in [2.45, 2.75) is 38.6 Å². The van der Waals surface area contributed by atoms with E-state index in [2.05, 4.69) is 0 Å². The monoisotopic (exact) mass is 260 g/mol. The van der Waals surface area contributed by atoms with Crippen molar-refractivity contribution in [3.8, 4) is 6.07 Å². The second-order valence-corrected chi connectivity index (χ2v) is 4.90. The molecule has 3 nitrogen and oxygen atoms in total. The van der Waals surface area contributed by atoms with Gasteiger partial charge in [0.1, 0.15) is 5.82 Å². The summed E-state index contributed by atoms with van der Waals surface area (Å²) >= 11 is 0. The summed E-state index contributed by atoms with van der Waals surface area (Å²) in [6, 6.07) is 6.32. The minimum atomic E-state index is -0.408. The SMILES string of the molecule is N#Cc1ccc(CN2CCCCCCC2=O)c(F)c1. The van der Waals surface area contributed by atoms with Gasteiger partial charge in [-0.2, -0.15) is 5.26 Å². The lowest BCUT2D eigenvalue weighted by atomic mass is 10.1. The largest absolute Gasteiger partial charge is 0.338 e. The molecule has 0 saturated carbocycles. The molecule has 0 aliphatic carbocycles. The number of carbonyl (C=O) groups excluding carboxylic acids is 1. The molecule has 0 atom stereocenters. The van der Waals surface area contributed by atoms with Crippen molar-refractivity contribution in [2.75, 3.05) is 6.54 Å². The third-order valence-corrected chi connectivity index (χ3v) is 3.46. The maximum absolute atomic E-state index is 13.8. The summed E-state index contributed by atoms with van der Waals surface area (Å²) in [4.78, 5) is 13.7. The molecule has 0 spiro atoms. The third-order valence-electron chi connectivity index (χ3n) is 3.46. The second kappa shape index (κ2) is 6.33. The highest BCUT2D eigenvalue weighted by atomic mass is 19.1. The Bertz CT molecular complexity index is 507. The van der Waals surface area contributed by atoms with Crippen molar-refractivity contribution < 1.29 is 9.18 Å². The number of hydrogen-bond donors (Lipinski definition) is 0. The molecule has 1 aromatic rings. The van der Waals surface area contributed by atoms with Crippen LogP contribution in [-0.4, -0.2) is 17.4 Å². The Labute approximate surface area is 112 Å². The van der Waals surface area contributed by atoms with Gasteiger partial charge in [0.2, 0.25) is 5.91 Å². The normalized spacial score (nSPS) is 16.6. The van der Waals surface area contributed by atoms with Gasteiger partial charge in [-0.15, -0.1) is 0 Å². The number of benzene rings is 1. The lowest BCUT2D eigenvalue weighted by Gasteiger charge is -2.25. The maximum atomic E-state index is 13.8. The van der Waals surface area contributed by atoms with Crippen LogP contribution in [0.25, 0.3) is 0 Å². The molecule has 1 aromatic carbocycles. The summed E-state index contributed by atoms with van der Waals surface area (Å²) in [5.41, 5.74) is 0.785. The average Bonchev–Trinajstić information content (AvgIpc) is 2.40. The van der Waals surface area contributed by atoms with E-state index in [0.29, 0.717) is 30.6 Å². The highest BCUT2D eigenvalue weighted by Crippen LogP contribution is 2.17. The number of hydrogen-bond acceptors (Lipinski definition) is 2. The molecule has 0 N–H and O–H groups in total. The number of amides is 1. The van der Waals surface area contributed by atoms with E-state index in [1.165, 1.54) is 6.07 Å². The number of nitrogens with zero attached hydrogens (tertiary/aromatic N) is 2. The van der Waals surface area contributed by atoms with Crippen LogP contribution in [0.5, 0.6) is 0 Å². The first-order chi connectivity index (χ1) is 9.20. The molecule has 2 rings (SSSR count). The molecule has 1 heterocycles. The van der Waals surface area contributed by atoms with Gasteiger partial charge in [-0.1, -0.05) is 18.9 Å². The smallest absolute Gasteiger partial charge is 0.222 e. The number of carbonyl (C=O) groups is 1. The van der Waals surface area contributed by atoms with E-state index in [0.717, 1.165) is 25.7 Å². The van der Waals surface area contributed by atoms with Gasteiger partial charge in [0.25, 0.3) is 0 Å². The summed E-state index contributed by atoms with van der Waals surface area (Å²) in [5, 5.41) is 8.70. The lowest BCUT2D eigenvalue weighted by molar-refractivity contribution is -0.132. The van der Waals surface area contributed by atoms with Gasteiger partial charge in [0, 0.05) is 25.1 Å². The van der Waals surface area contributed by atoms with E-state index in [1.54, 1.807) is 17.0 Å². The first-order valence-electron chi connectivity index (χ1n) is 6.67. The highest BCUT2D eigenvalue weighted by molar-refractivity contribution is 5.76. The van der Waals surface area contributed by atoms with Gasteiger partial charge in [-0.25, -0.2) is 4.39 Å². The van der Waals surface area contributed by atoms with Gasteiger partial charge in [-0.3, -0.25) is 4.79 Å². The minimum absolute atomic E-state index is 0.100. The molecule has 1 amide bonds. The number of halogens is 1. The first-order valence-corrected chi connectivity index (χ1v) is 6.67. The molecule has 19 heavy (non-hydrogen) atoms. The van der Waals surface area contributed by atoms with Crippen molar-refractivity contribution in [1.82, 2.24) is 4.90 Å². The number of likely N-dealkylation sites (tertiary alicyclic amines) is 1. The van der Waals surface area contributed by atoms with E-state index in [4.69, 9.17) is 5.26 Å². The molecule has 1 saturated heterocycles. The summed E-state index contributed by atoms with van der Waals surface area (Å²) in [7, 11) is 0. The van der Waals surface area contributed by atoms with Crippen molar-refractivity contribution in [3.05, 3.63) is 35.1 Å². The average molecular weight is 260 g/mol. The fourth-order valence-corrected chi connectivity index (χ4v) is 2.33. The van der Waals surface area contributed by atoms with Gasteiger partial charge in [0.05, 0.1) is 11.6 Å². The molecule has 0 unspecified atom stereocenters. The van der Waals surface area contributed by atoms with E-state index >= 15 is 0 Å². The third kappa shape index (κ3) is 3.54. The zero-order valence-corrected chi connectivity index (χ0v) is 10.9. The fourth-order valence-electron chi connectivity index (χ4n) is 2.33. The van der Waals surface area contributed by atoms with Crippen LogP contribution >= 0.6 is 0 Å². The molecular formula is C15H17FN2O. The van der Waals surface area contributed by atoms with Crippen molar-refractivity contribution in [2.24, 2.45) is 0 Å². The highest BCUT2D eigenvalue weighted by Gasteiger charge is 2.17. The van der Waals surface area contributed by atoms with Gasteiger partial charge < -0.3 is 4.90 Å². The summed E-state index contributed by atoms with van der Waals surface area (Å²) in [5.74, 6) is -0.308. The Morgan fingerprint density at radius 2 is 2.05 bits per heavy atom. The fraction of sp³-hybridized carbons (Fsp3) is 0.467. The van der Waals surface area contributed by atoms with Crippen LogP contribution in [0.15, 0.2) is 18.2 Å². The van der Waals surface area contributed by atoms with Crippen LogP contribution in [0.1, 0.15) is 43.2 Å². The predicted octanol–water partition coefficient (Wildman–Crippen LogP) is 2.99. The molecule has 4 heteroatoms. The topological polar surface area (TPSA) is 44.1 Å². The van der Waals surface area contributed by atoms with Crippen LogP contribution in [-0.2, 0) is 11.3 Å². The Kier molecular flexibility index (Phi) is 4.51. The Morgan fingerprint density at radius 1 is 1.26 bits per heavy atom.